The third kappa shape index (κ3) is 11.3. The zero-order chi connectivity index (χ0) is 62.0. The van der Waals surface area contributed by atoms with Crippen molar-refractivity contribution in [2.24, 2.45) is 0 Å². The van der Waals surface area contributed by atoms with Gasteiger partial charge in [0.05, 0.1) is 18.1 Å². The molecule has 0 saturated carbocycles. The molecule has 0 aliphatic rings. The lowest BCUT2D eigenvalue weighted by Gasteiger charge is -2.14. The van der Waals surface area contributed by atoms with Crippen molar-refractivity contribution in [1.82, 2.24) is 24.5 Å². The molecule has 0 bridgehead atoms. The Kier molecular flexibility index (Phi) is 14.7. The van der Waals surface area contributed by atoms with E-state index in [9.17, 15) is 0 Å². The zero-order valence-electron chi connectivity index (χ0n) is 51.0. The maximum Gasteiger partial charge on any atom is 0.119 e. The van der Waals surface area contributed by atoms with Crippen LogP contribution in [0.15, 0.2) is 341 Å². The summed E-state index contributed by atoms with van der Waals surface area (Å²) in [6.45, 7) is 0. The normalized spacial score (nSPS) is 11.3. The van der Waals surface area contributed by atoms with Crippen LogP contribution in [-0.4, -0.2) is 31.6 Å². The molecule has 11 aromatic carbocycles. The van der Waals surface area contributed by atoms with Crippen molar-refractivity contribution < 1.29 is 4.74 Å². The number of benzene rings is 11. The Bertz CT molecular complexity index is 4900. The van der Waals surface area contributed by atoms with Crippen LogP contribution in [0.4, 0.5) is 0 Å². The van der Waals surface area contributed by atoms with Crippen LogP contribution in [0.3, 0.4) is 0 Å². The molecule has 0 amide bonds. The molecule has 5 aromatic heterocycles. The predicted molar refractivity (Wildman–Crippen MR) is 384 cm³/mol. The fourth-order valence-electron chi connectivity index (χ4n) is 13.1. The summed E-state index contributed by atoms with van der Waals surface area (Å²) in [4.78, 5) is 17.8. The minimum Gasteiger partial charge on any atom is -0.497 e. The summed E-state index contributed by atoms with van der Waals surface area (Å²) in [6.07, 6.45) is 15.0. The quantitative estimate of drug-likeness (QED) is 0.109. The van der Waals surface area contributed by atoms with Gasteiger partial charge in [0.25, 0.3) is 0 Å². The van der Waals surface area contributed by atoms with Crippen LogP contribution >= 0.6 is 0 Å². The molecule has 6 heteroatoms. The van der Waals surface area contributed by atoms with E-state index in [1.807, 2.05) is 86.0 Å². The molecule has 438 valence electrons. The lowest BCUT2D eigenvalue weighted by atomic mass is 9.90. The van der Waals surface area contributed by atoms with Gasteiger partial charge in [-0.05, 0) is 257 Å². The van der Waals surface area contributed by atoms with Crippen molar-refractivity contribution in [3.63, 3.8) is 0 Å². The first-order valence-corrected chi connectivity index (χ1v) is 31.3. The first-order valence-electron chi connectivity index (χ1n) is 31.3. The summed E-state index contributed by atoms with van der Waals surface area (Å²) in [5.74, 6) is 0.812. The van der Waals surface area contributed by atoms with E-state index in [0.717, 1.165) is 167 Å². The maximum absolute atomic E-state index is 5.66. The maximum atomic E-state index is 5.66. The van der Waals surface area contributed by atoms with Crippen LogP contribution in [0.25, 0.3) is 161 Å². The Morgan fingerprint density at radius 3 is 0.688 bits per heavy atom. The average Bonchev–Trinajstić information content (AvgIpc) is 1.60. The third-order valence-corrected chi connectivity index (χ3v) is 17.8. The second-order valence-electron chi connectivity index (χ2n) is 23.5. The van der Waals surface area contributed by atoms with Crippen LogP contribution in [-0.2, 0) is 0 Å². The number of nitrogens with zero attached hydrogens (tertiary/aromatic N) is 5. The molecule has 16 rings (SSSR count). The van der Waals surface area contributed by atoms with Gasteiger partial charge in [0.1, 0.15) is 5.75 Å². The zero-order valence-corrected chi connectivity index (χ0v) is 51.0. The molecule has 0 aliphatic heterocycles. The number of methoxy groups -OCH3 is 1. The van der Waals surface area contributed by atoms with E-state index in [2.05, 4.69) is 279 Å². The van der Waals surface area contributed by atoms with E-state index in [4.69, 9.17) is 4.74 Å². The van der Waals surface area contributed by atoms with E-state index in [1.54, 1.807) is 7.11 Å². The smallest absolute Gasteiger partial charge is 0.119 e. The largest absolute Gasteiger partial charge is 0.497 e. The van der Waals surface area contributed by atoms with Gasteiger partial charge in [0, 0.05) is 88.3 Å². The summed E-state index contributed by atoms with van der Waals surface area (Å²) in [6, 6.07) is 106. The monoisotopic (exact) mass is 1190 g/mol. The summed E-state index contributed by atoms with van der Waals surface area (Å²) in [7, 11) is 1.71. The lowest BCUT2D eigenvalue weighted by molar-refractivity contribution is 0.415. The molecule has 0 spiro atoms. The Balaban J connectivity index is 0.806. The van der Waals surface area contributed by atoms with Crippen LogP contribution < -0.4 is 4.74 Å². The van der Waals surface area contributed by atoms with Gasteiger partial charge in [0.15, 0.2) is 0 Å². The molecule has 0 N–H and O–H groups in total. The highest BCUT2D eigenvalue weighted by molar-refractivity contribution is 6.12. The molecular weight excluding hydrogens is 1130 g/mol. The van der Waals surface area contributed by atoms with Gasteiger partial charge < -0.3 is 9.30 Å². The van der Waals surface area contributed by atoms with E-state index >= 15 is 0 Å². The number of rotatable bonds is 14. The minimum absolute atomic E-state index is 0.812. The molecule has 6 nitrogen and oxygen atoms in total. The SMILES string of the molecule is COc1ccc(-n2c3ccc(-c4cccc(-c5cc(-c6cccc(-c7cccnc7)c6)cc(-c6cccc(-c7cccnc7)c6)c5)c4)cc3c3cc(-c4cccc(-c5cc(-c6cccc(-c7cccnc7)c6)cc(-c6cccc(-c7cccnc7)c6)c5)c4)ccc32)cc1. The average molecular weight is 1190 g/mol. The van der Waals surface area contributed by atoms with Gasteiger partial charge >= 0.3 is 0 Å². The third-order valence-electron chi connectivity index (χ3n) is 17.8. The van der Waals surface area contributed by atoms with E-state index in [0.29, 0.717) is 0 Å². The number of ether oxygens (including phenoxy) is 1. The molecule has 0 radical (unpaired) electrons. The summed E-state index contributed by atoms with van der Waals surface area (Å²) in [5.41, 5.74) is 30.1. The number of hydrogen-bond acceptors (Lipinski definition) is 5. The van der Waals surface area contributed by atoms with Crippen molar-refractivity contribution in [2.45, 2.75) is 0 Å². The van der Waals surface area contributed by atoms with E-state index in [-0.39, 0.29) is 0 Å². The van der Waals surface area contributed by atoms with Crippen molar-refractivity contribution in [3.8, 4) is 145 Å². The minimum atomic E-state index is 0.812. The Morgan fingerprint density at radius 2 is 0.441 bits per heavy atom. The Labute approximate surface area is 540 Å². The van der Waals surface area contributed by atoms with Gasteiger partial charge in [0.2, 0.25) is 0 Å². The lowest BCUT2D eigenvalue weighted by Crippen LogP contribution is -1.94. The number of hydrogen-bond donors (Lipinski definition) is 0. The van der Waals surface area contributed by atoms with Crippen LogP contribution in [0.5, 0.6) is 5.75 Å². The first-order chi connectivity index (χ1) is 46.0. The van der Waals surface area contributed by atoms with Gasteiger partial charge in [-0.25, -0.2) is 0 Å². The molecule has 0 unspecified atom stereocenters. The predicted octanol–water partition coefficient (Wildman–Crippen LogP) is 22.4. The molecule has 0 atom stereocenters. The molecule has 0 aliphatic carbocycles. The van der Waals surface area contributed by atoms with Crippen LogP contribution in [0.1, 0.15) is 0 Å². The van der Waals surface area contributed by atoms with Gasteiger partial charge in [-0.2, -0.15) is 0 Å². The molecule has 0 saturated heterocycles. The number of pyridine rings is 4. The fourth-order valence-corrected chi connectivity index (χ4v) is 13.1. The summed E-state index contributed by atoms with van der Waals surface area (Å²) in [5, 5.41) is 2.32. The van der Waals surface area contributed by atoms with Gasteiger partial charge in [-0.3, -0.25) is 19.9 Å². The Hall–Kier alpha value is -12.4. The highest BCUT2D eigenvalue weighted by Crippen LogP contribution is 2.42. The molecule has 0 fully saturated rings. The van der Waals surface area contributed by atoms with Gasteiger partial charge in [-0.1, -0.05) is 146 Å². The second kappa shape index (κ2) is 24.5. The van der Waals surface area contributed by atoms with Crippen molar-refractivity contribution in [1.29, 1.82) is 0 Å². The molecular formula is C87H59N5O. The molecule has 16 aromatic rings. The van der Waals surface area contributed by atoms with Gasteiger partial charge in [-0.15, -0.1) is 0 Å². The highest BCUT2D eigenvalue weighted by Gasteiger charge is 2.18. The summed E-state index contributed by atoms with van der Waals surface area (Å²) < 4.78 is 8.04. The van der Waals surface area contributed by atoms with Crippen molar-refractivity contribution >= 4 is 21.8 Å². The Morgan fingerprint density at radius 1 is 0.215 bits per heavy atom. The van der Waals surface area contributed by atoms with E-state index < -0.39 is 0 Å². The van der Waals surface area contributed by atoms with Crippen molar-refractivity contribution in [2.75, 3.05) is 7.11 Å². The fraction of sp³-hybridized carbons (Fsp3) is 0.0115. The summed E-state index contributed by atoms with van der Waals surface area (Å²) >= 11 is 0. The van der Waals surface area contributed by atoms with Crippen LogP contribution in [0.2, 0.25) is 0 Å². The van der Waals surface area contributed by atoms with Crippen LogP contribution in [0, 0.1) is 0 Å². The standard InChI is InChI=1S/C87H59N5O/c1-93-83-32-30-82(31-33-83)92-86-34-28-70(58-12-2-18-64(40-58)76-46-78(66-20-4-14-60(42-66)72-24-8-36-88-54-72)50-79(47-76)67-21-5-15-61(43-67)73-25-9-37-89-55-73)52-84(86)85-53-71(29-35-87(85)92)59-13-3-19-65(41-59)77-48-80(68-22-6-16-62(44-68)74-26-10-38-90-56-74)51-81(49-77)69-23-7-17-63(45-69)75-27-11-39-91-57-75/h2-57H,1H3. The van der Waals surface area contributed by atoms with E-state index in [1.165, 1.54) is 0 Å². The topological polar surface area (TPSA) is 65.7 Å². The number of aromatic nitrogens is 5. The molecule has 5 heterocycles. The molecule has 93 heavy (non-hydrogen) atoms. The second-order valence-corrected chi connectivity index (χ2v) is 23.5. The highest BCUT2D eigenvalue weighted by atomic mass is 16.5. The first kappa shape index (κ1) is 55.9. The van der Waals surface area contributed by atoms with Crippen molar-refractivity contribution in [3.05, 3.63) is 341 Å². The number of fused-ring (bicyclic) bond motifs is 3.